The van der Waals surface area contributed by atoms with Gasteiger partial charge in [-0.2, -0.15) is 10.4 Å². The van der Waals surface area contributed by atoms with Crippen LogP contribution in [0.25, 0.3) is 22.6 Å². The molecule has 3 aromatic heterocycles. The van der Waals surface area contributed by atoms with E-state index >= 15 is 0 Å². The average molecular weight is 533 g/mol. The van der Waals surface area contributed by atoms with E-state index in [0.717, 1.165) is 11.3 Å². The predicted molar refractivity (Wildman–Crippen MR) is 136 cm³/mol. The van der Waals surface area contributed by atoms with Gasteiger partial charge in [-0.05, 0) is 48.5 Å². The Labute approximate surface area is 215 Å². The smallest absolute Gasteiger partial charge is 0.263 e. The molecule has 0 spiro atoms. The molecule has 0 bridgehead atoms. The van der Waals surface area contributed by atoms with Gasteiger partial charge in [0, 0.05) is 30.4 Å². The van der Waals surface area contributed by atoms with Crippen LogP contribution in [0.4, 0.5) is 9.52 Å². The van der Waals surface area contributed by atoms with Gasteiger partial charge >= 0.3 is 0 Å². The molecule has 0 fully saturated rings. The summed E-state index contributed by atoms with van der Waals surface area (Å²) in [4.78, 5) is 8.50. The number of aromatic nitrogens is 4. The molecule has 0 aliphatic carbocycles. The summed E-state index contributed by atoms with van der Waals surface area (Å²) in [6, 6.07) is 17.1. The Morgan fingerprint density at radius 2 is 1.92 bits per heavy atom. The van der Waals surface area contributed by atoms with Crippen LogP contribution in [0.1, 0.15) is 5.56 Å². The first-order valence-electron chi connectivity index (χ1n) is 10.7. The predicted octanol–water partition coefficient (Wildman–Crippen LogP) is 5.21. The number of thiazole rings is 1. The number of sulfonamides is 1. The van der Waals surface area contributed by atoms with Crippen molar-refractivity contribution < 1.29 is 17.5 Å². The van der Waals surface area contributed by atoms with Crippen molar-refractivity contribution in [2.24, 2.45) is 7.05 Å². The van der Waals surface area contributed by atoms with Crippen LogP contribution in [-0.2, 0) is 17.1 Å². The van der Waals surface area contributed by atoms with Crippen LogP contribution >= 0.6 is 11.3 Å². The van der Waals surface area contributed by atoms with Crippen molar-refractivity contribution in [1.29, 1.82) is 5.26 Å². The van der Waals surface area contributed by atoms with Gasteiger partial charge in [0.15, 0.2) is 10.9 Å². The molecular weight excluding hydrogens is 515 g/mol. The lowest BCUT2D eigenvalue weighted by molar-refractivity contribution is 0.479. The quantitative estimate of drug-likeness (QED) is 0.305. The molecule has 0 amide bonds. The summed E-state index contributed by atoms with van der Waals surface area (Å²) in [5.74, 6) is 0.0518. The molecule has 12 heteroatoms. The number of nitrogens with one attached hydrogen (secondary N) is 1. The number of pyridine rings is 1. The summed E-state index contributed by atoms with van der Waals surface area (Å²) in [6.07, 6.45) is 3.08. The Hall–Kier alpha value is -4.60. The molecule has 5 aromatic rings. The van der Waals surface area contributed by atoms with Gasteiger partial charge in [-0.1, -0.05) is 12.1 Å². The molecule has 184 valence electrons. The van der Waals surface area contributed by atoms with Crippen molar-refractivity contribution in [1.82, 2.24) is 19.7 Å². The molecule has 0 saturated carbocycles. The fraction of sp³-hybridized carbons (Fsp3) is 0.0400. The normalized spacial score (nSPS) is 11.2. The molecule has 1 N–H and O–H groups in total. The Bertz CT molecular complexity index is 1740. The van der Waals surface area contributed by atoms with Gasteiger partial charge in [0.05, 0.1) is 21.8 Å². The maximum absolute atomic E-state index is 13.8. The average Bonchev–Trinajstić information content (AvgIpc) is 3.55. The molecule has 0 saturated heterocycles. The summed E-state index contributed by atoms with van der Waals surface area (Å²) in [5.41, 5.74) is 2.13. The Balaban J connectivity index is 1.53. The molecule has 0 unspecified atom stereocenters. The lowest BCUT2D eigenvalue weighted by Crippen LogP contribution is -2.13. The minimum absolute atomic E-state index is 0.00665. The molecule has 0 aliphatic heterocycles. The number of hydrogen-bond acceptors (Lipinski definition) is 8. The van der Waals surface area contributed by atoms with Crippen molar-refractivity contribution in [3.63, 3.8) is 0 Å². The summed E-state index contributed by atoms with van der Waals surface area (Å²) in [7, 11) is -2.22. The van der Waals surface area contributed by atoms with Crippen molar-refractivity contribution in [2.45, 2.75) is 4.90 Å². The lowest BCUT2D eigenvalue weighted by atomic mass is 10.1. The van der Waals surface area contributed by atoms with E-state index in [9.17, 15) is 18.1 Å². The summed E-state index contributed by atoms with van der Waals surface area (Å²) in [6.45, 7) is 0. The van der Waals surface area contributed by atoms with Gasteiger partial charge in [0.2, 0.25) is 0 Å². The van der Waals surface area contributed by atoms with Crippen molar-refractivity contribution in [3.05, 3.63) is 89.8 Å². The van der Waals surface area contributed by atoms with Crippen LogP contribution in [0.5, 0.6) is 11.5 Å². The van der Waals surface area contributed by atoms with Crippen LogP contribution in [0.15, 0.2) is 83.3 Å². The minimum Gasteiger partial charge on any atom is -0.454 e. The highest BCUT2D eigenvalue weighted by molar-refractivity contribution is 7.93. The van der Waals surface area contributed by atoms with Crippen LogP contribution in [0.2, 0.25) is 0 Å². The van der Waals surface area contributed by atoms with Crippen LogP contribution in [0.3, 0.4) is 0 Å². The summed E-state index contributed by atoms with van der Waals surface area (Å²) < 4.78 is 49.4. The second kappa shape index (κ2) is 9.81. The number of benzene rings is 2. The van der Waals surface area contributed by atoms with E-state index in [-0.39, 0.29) is 27.2 Å². The maximum atomic E-state index is 13.8. The van der Waals surface area contributed by atoms with Crippen molar-refractivity contribution >= 4 is 26.5 Å². The molecule has 0 aliphatic rings. The van der Waals surface area contributed by atoms with E-state index in [1.807, 2.05) is 6.07 Å². The van der Waals surface area contributed by atoms with E-state index < -0.39 is 10.0 Å². The van der Waals surface area contributed by atoms with E-state index in [1.165, 1.54) is 36.5 Å². The van der Waals surface area contributed by atoms with Crippen LogP contribution < -0.4 is 9.46 Å². The number of nitrogens with zero attached hydrogens (tertiary/aromatic N) is 5. The molecule has 37 heavy (non-hydrogen) atoms. The molecule has 0 radical (unpaired) electrons. The van der Waals surface area contributed by atoms with E-state index in [2.05, 4.69) is 14.8 Å². The zero-order valence-electron chi connectivity index (χ0n) is 19.2. The lowest BCUT2D eigenvalue weighted by Gasteiger charge is -2.14. The highest BCUT2D eigenvalue weighted by Crippen LogP contribution is 2.36. The molecule has 0 atom stereocenters. The molecule has 2 aromatic carbocycles. The van der Waals surface area contributed by atoms with Gasteiger partial charge < -0.3 is 4.74 Å². The minimum atomic E-state index is -3.96. The van der Waals surface area contributed by atoms with E-state index in [0.29, 0.717) is 28.4 Å². The van der Waals surface area contributed by atoms with Gasteiger partial charge in [-0.3, -0.25) is 9.40 Å². The second-order valence-electron chi connectivity index (χ2n) is 7.71. The third kappa shape index (κ3) is 5.04. The highest BCUT2D eigenvalue weighted by Gasteiger charge is 2.20. The Morgan fingerprint density at radius 3 is 2.62 bits per heavy atom. The monoisotopic (exact) mass is 532 g/mol. The maximum Gasteiger partial charge on any atom is 0.263 e. The van der Waals surface area contributed by atoms with Gasteiger partial charge in [-0.25, -0.2) is 22.8 Å². The fourth-order valence-electron chi connectivity index (χ4n) is 3.55. The van der Waals surface area contributed by atoms with E-state index in [1.54, 1.807) is 53.6 Å². The van der Waals surface area contributed by atoms with Gasteiger partial charge in [-0.15, -0.1) is 11.3 Å². The number of rotatable bonds is 7. The first kappa shape index (κ1) is 24.1. The molecular formula is C25H17FN6O3S2. The third-order valence-electron chi connectivity index (χ3n) is 5.30. The number of hydrogen-bond donors (Lipinski definition) is 1. The first-order valence-corrected chi connectivity index (χ1v) is 13.1. The zero-order chi connectivity index (χ0) is 26.0. The zero-order valence-corrected chi connectivity index (χ0v) is 20.8. The summed E-state index contributed by atoms with van der Waals surface area (Å²) >= 11 is 1.14. The van der Waals surface area contributed by atoms with Crippen molar-refractivity contribution in [3.8, 4) is 40.2 Å². The Morgan fingerprint density at radius 1 is 1.08 bits per heavy atom. The number of aryl methyl sites for hydroxylation is 1. The second-order valence-corrected chi connectivity index (χ2v) is 10.3. The number of nitriles is 1. The van der Waals surface area contributed by atoms with Crippen molar-refractivity contribution in [2.75, 3.05) is 4.72 Å². The number of ether oxygens (including phenoxy) is 1. The SMILES string of the molecule is Cn1nccc1-c1nc(-c2cccc(F)c2)ccc1Oc1ccc(S(=O)(=O)Nc2nccs2)cc1C#N. The Kier molecular flexibility index (Phi) is 6.39. The standard InChI is InChI=1S/C25H17FN6O3S2/c1-32-21(9-10-29-32)24-23(8-6-20(30-24)16-3-2-4-18(26)13-16)35-22-7-5-19(14-17(22)15-27)37(33,34)31-25-28-11-12-36-25/h2-14H,1H3,(H,28,31). The number of anilines is 1. The van der Waals surface area contributed by atoms with Gasteiger partial charge in [0.25, 0.3) is 10.0 Å². The van der Waals surface area contributed by atoms with Crippen LogP contribution in [-0.4, -0.2) is 28.2 Å². The van der Waals surface area contributed by atoms with Gasteiger partial charge in [0.1, 0.15) is 23.3 Å². The first-order chi connectivity index (χ1) is 17.8. The molecule has 9 nitrogen and oxygen atoms in total. The fourth-order valence-corrected chi connectivity index (χ4v) is 5.36. The largest absolute Gasteiger partial charge is 0.454 e. The third-order valence-corrected chi connectivity index (χ3v) is 7.45. The molecule has 3 heterocycles. The topological polar surface area (TPSA) is 123 Å². The number of halogens is 1. The molecule has 5 rings (SSSR count). The summed E-state index contributed by atoms with van der Waals surface area (Å²) in [5, 5.41) is 15.8. The highest BCUT2D eigenvalue weighted by atomic mass is 32.2. The van der Waals surface area contributed by atoms with Crippen LogP contribution in [0, 0.1) is 17.1 Å². The van der Waals surface area contributed by atoms with E-state index in [4.69, 9.17) is 9.72 Å².